The molecule has 0 bridgehead atoms. The van der Waals surface area contributed by atoms with Gasteiger partial charge >= 0.3 is 0 Å². The lowest BCUT2D eigenvalue weighted by Crippen LogP contribution is -2.58. The average molecular weight is 267 g/mol. The van der Waals surface area contributed by atoms with Gasteiger partial charge in [0.05, 0.1) is 0 Å². The van der Waals surface area contributed by atoms with Gasteiger partial charge in [-0.05, 0) is 46.8 Å². The van der Waals surface area contributed by atoms with Gasteiger partial charge < -0.3 is 5.32 Å². The average Bonchev–Trinajstić information content (AvgIpc) is 2.69. The second-order valence-corrected chi connectivity index (χ2v) is 6.66. The summed E-state index contributed by atoms with van der Waals surface area (Å²) in [6.07, 6.45) is 9.98. The maximum atomic E-state index is 3.31. The van der Waals surface area contributed by atoms with Crippen molar-refractivity contribution in [2.24, 2.45) is 0 Å². The Morgan fingerprint density at radius 2 is 1.74 bits per heavy atom. The van der Waals surface area contributed by atoms with Crippen molar-refractivity contribution in [1.82, 2.24) is 15.1 Å². The van der Waals surface area contributed by atoms with Gasteiger partial charge in [-0.25, -0.2) is 0 Å². The van der Waals surface area contributed by atoms with Crippen molar-refractivity contribution in [3.63, 3.8) is 0 Å². The van der Waals surface area contributed by atoms with Gasteiger partial charge in [0.15, 0.2) is 0 Å². The Hall–Kier alpha value is -0.120. The molecule has 1 N–H and O–H groups in total. The van der Waals surface area contributed by atoms with Crippen LogP contribution in [0.3, 0.4) is 0 Å². The molecule has 112 valence electrons. The van der Waals surface area contributed by atoms with Crippen molar-refractivity contribution >= 4 is 0 Å². The van der Waals surface area contributed by atoms with E-state index in [1.54, 1.807) is 0 Å². The van der Waals surface area contributed by atoms with E-state index in [4.69, 9.17) is 0 Å². The van der Waals surface area contributed by atoms with Gasteiger partial charge in [0, 0.05) is 31.2 Å². The van der Waals surface area contributed by atoms with Crippen LogP contribution in [0.15, 0.2) is 0 Å². The van der Waals surface area contributed by atoms with Crippen LogP contribution in [0, 0.1) is 0 Å². The third-order valence-corrected chi connectivity index (χ3v) is 5.28. The summed E-state index contributed by atoms with van der Waals surface area (Å²) in [6.45, 7) is 6.10. The molecule has 0 amide bonds. The monoisotopic (exact) mass is 267 g/mol. The summed E-state index contributed by atoms with van der Waals surface area (Å²) in [5, 5.41) is 3.31. The first kappa shape index (κ1) is 15.3. The van der Waals surface area contributed by atoms with Crippen LogP contribution in [0.4, 0.5) is 0 Å². The Balaban J connectivity index is 1.92. The number of rotatable bonds is 4. The van der Waals surface area contributed by atoms with Gasteiger partial charge in [0.25, 0.3) is 0 Å². The molecule has 0 radical (unpaired) electrons. The lowest BCUT2D eigenvalue weighted by atomic mass is 9.99. The fourth-order valence-electron chi connectivity index (χ4n) is 3.83. The van der Waals surface area contributed by atoms with Gasteiger partial charge in [-0.3, -0.25) is 9.80 Å². The van der Waals surface area contributed by atoms with E-state index in [1.807, 2.05) is 0 Å². The summed E-state index contributed by atoms with van der Waals surface area (Å²) in [5.41, 5.74) is 0. The molecule has 0 aromatic carbocycles. The van der Waals surface area contributed by atoms with E-state index in [0.29, 0.717) is 6.04 Å². The normalized spacial score (nSPS) is 32.4. The molecule has 2 rings (SSSR count). The van der Waals surface area contributed by atoms with E-state index in [-0.39, 0.29) is 0 Å². The fourth-order valence-corrected chi connectivity index (χ4v) is 3.83. The molecule has 2 unspecified atom stereocenters. The van der Waals surface area contributed by atoms with Crippen molar-refractivity contribution in [2.45, 2.75) is 70.0 Å². The van der Waals surface area contributed by atoms with Crippen molar-refractivity contribution in [3.05, 3.63) is 0 Å². The molecule has 2 aliphatic rings. The largest absolute Gasteiger partial charge is 0.320 e. The Labute approximate surface area is 119 Å². The van der Waals surface area contributed by atoms with Crippen molar-refractivity contribution in [1.29, 1.82) is 0 Å². The van der Waals surface area contributed by atoms with Crippen LogP contribution < -0.4 is 5.32 Å². The second kappa shape index (κ2) is 7.61. The van der Waals surface area contributed by atoms with Crippen molar-refractivity contribution in [3.8, 4) is 0 Å². The van der Waals surface area contributed by atoms with Gasteiger partial charge in [-0.15, -0.1) is 0 Å². The van der Waals surface area contributed by atoms with Gasteiger partial charge in [-0.1, -0.05) is 25.7 Å². The third-order valence-electron chi connectivity index (χ3n) is 5.28. The fraction of sp³-hybridized carbons (Fsp3) is 1.00. The molecule has 1 saturated carbocycles. The zero-order valence-electron chi connectivity index (χ0n) is 13.2. The minimum Gasteiger partial charge on any atom is -0.320 e. The van der Waals surface area contributed by atoms with Crippen LogP contribution in [-0.4, -0.2) is 61.7 Å². The highest BCUT2D eigenvalue weighted by Gasteiger charge is 2.32. The summed E-state index contributed by atoms with van der Waals surface area (Å²) < 4.78 is 0. The molecule has 1 saturated heterocycles. The maximum absolute atomic E-state index is 3.31. The Bertz CT molecular complexity index is 248. The summed E-state index contributed by atoms with van der Waals surface area (Å²) in [4.78, 5) is 5.42. The molecule has 1 heterocycles. The molecular weight excluding hydrogens is 234 g/mol. The number of likely N-dealkylation sites (N-methyl/N-ethyl adjacent to an activating group) is 1. The van der Waals surface area contributed by atoms with E-state index in [9.17, 15) is 0 Å². The van der Waals surface area contributed by atoms with Crippen molar-refractivity contribution in [2.75, 3.05) is 33.7 Å². The molecule has 3 nitrogen and oxygen atoms in total. The highest BCUT2D eigenvalue weighted by Crippen LogP contribution is 2.26. The minimum absolute atomic E-state index is 0.707. The number of piperazine rings is 1. The molecule has 0 spiro atoms. The summed E-state index contributed by atoms with van der Waals surface area (Å²) in [7, 11) is 4.38. The van der Waals surface area contributed by atoms with Gasteiger partial charge in [-0.2, -0.15) is 0 Å². The molecule has 2 fully saturated rings. The van der Waals surface area contributed by atoms with E-state index >= 15 is 0 Å². The lowest BCUT2D eigenvalue weighted by Gasteiger charge is -2.47. The first-order valence-corrected chi connectivity index (χ1v) is 8.33. The Morgan fingerprint density at radius 3 is 2.37 bits per heavy atom. The third kappa shape index (κ3) is 4.17. The van der Waals surface area contributed by atoms with Gasteiger partial charge in [0.1, 0.15) is 0 Å². The van der Waals surface area contributed by atoms with Crippen molar-refractivity contribution < 1.29 is 0 Å². The van der Waals surface area contributed by atoms with Crippen LogP contribution in [0.2, 0.25) is 0 Å². The zero-order valence-corrected chi connectivity index (χ0v) is 13.2. The zero-order chi connectivity index (χ0) is 13.7. The Morgan fingerprint density at radius 1 is 1.05 bits per heavy atom. The first-order chi connectivity index (χ1) is 9.22. The summed E-state index contributed by atoms with van der Waals surface area (Å²) in [6, 6.07) is 2.31. The molecule has 0 aromatic rings. The van der Waals surface area contributed by atoms with E-state index < -0.39 is 0 Å². The highest BCUT2D eigenvalue weighted by molar-refractivity contribution is 4.89. The second-order valence-electron chi connectivity index (χ2n) is 6.66. The van der Waals surface area contributed by atoms with Crippen LogP contribution in [0.5, 0.6) is 0 Å². The topological polar surface area (TPSA) is 18.5 Å². The van der Waals surface area contributed by atoms with E-state index in [1.165, 1.54) is 58.0 Å². The quantitative estimate of drug-likeness (QED) is 0.789. The molecule has 0 aromatic heterocycles. The maximum Gasteiger partial charge on any atom is 0.0235 e. The molecule has 2 atom stereocenters. The van der Waals surface area contributed by atoms with Crippen LogP contribution in [0.25, 0.3) is 0 Å². The standard InChI is InChI=1S/C16H33N3/c1-14-12-19(15-8-6-4-5-7-9-15)13-16(18(14)3)10-11-17-2/h14-17H,4-13H2,1-3H3. The molecule has 3 heteroatoms. The van der Waals surface area contributed by atoms with Crippen LogP contribution >= 0.6 is 0 Å². The predicted molar refractivity (Wildman–Crippen MR) is 82.6 cm³/mol. The van der Waals surface area contributed by atoms with Gasteiger partial charge in [0.2, 0.25) is 0 Å². The lowest BCUT2D eigenvalue weighted by molar-refractivity contribution is 0.0195. The first-order valence-electron chi connectivity index (χ1n) is 8.33. The number of hydrogen-bond donors (Lipinski definition) is 1. The Kier molecular flexibility index (Phi) is 6.11. The number of nitrogens with one attached hydrogen (secondary N) is 1. The molecule has 1 aliphatic heterocycles. The summed E-state index contributed by atoms with van der Waals surface area (Å²) in [5.74, 6) is 0. The summed E-state index contributed by atoms with van der Waals surface area (Å²) >= 11 is 0. The molecule has 1 aliphatic carbocycles. The minimum atomic E-state index is 0.707. The van der Waals surface area contributed by atoms with Crippen LogP contribution in [0.1, 0.15) is 51.9 Å². The highest BCUT2D eigenvalue weighted by atomic mass is 15.3. The molecule has 19 heavy (non-hydrogen) atoms. The van der Waals surface area contributed by atoms with E-state index in [2.05, 4.69) is 36.1 Å². The number of nitrogens with zero attached hydrogens (tertiary/aromatic N) is 2. The number of hydrogen-bond acceptors (Lipinski definition) is 3. The van der Waals surface area contributed by atoms with E-state index in [0.717, 1.165) is 18.6 Å². The predicted octanol–water partition coefficient (Wildman–Crippen LogP) is 2.32. The smallest absolute Gasteiger partial charge is 0.0235 e. The van der Waals surface area contributed by atoms with Crippen LogP contribution in [-0.2, 0) is 0 Å². The molecular formula is C16H33N3. The SMILES string of the molecule is CNCCC1CN(C2CCCCCC2)CC(C)N1C.